The molecule has 1 saturated heterocycles. The minimum absolute atomic E-state index is 0.119. The molecule has 12 nitrogen and oxygen atoms in total. The highest BCUT2D eigenvalue weighted by Gasteiger charge is 2.30. The average Bonchev–Trinajstić information content (AvgIpc) is 3.63. The van der Waals surface area contributed by atoms with Gasteiger partial charge in [0.2, 0.25) is 5.91 Å². The van der Waals surface area contributed by atoms with Crippen molar-refractivity contribution in [1.82, 2.24) is 19.6 Å². The van der Waals surface area contributed by atoms with Crippen LogP contribution in [0.15, 0.2) is 48.8 Å². The molecule has 4 heterocycles. The van der Waals surface area contributed by atoms with Crippen molar-refractivity contribution in [2.45, 2.75) is 32.6 Å². The number of aromatic carboxylic acids is 1. The predicted molar refractivity (Wildman–Crippen MR) is 155 cm³/mol. The summed E-state index contributed by atoms with van der Waals surface area (Å²) in [6.45, 7) is 6.97. The SMILES string of the molecule is COc1ccc(Nc2cc(N3CCC(C(=O)Nc4ccc(C(=O)O)c(C(C)(C)C)c4)C3)nn3ccnc23)nc1OC. The first-order valence-electron chi connectivity index (χ1n) is 13.2. The Balaban J connectivity index is 1.34. The van der Waals surface area contributed by atoms with Crippen LogP contribution in [0.1, 0.15) is 43.1 Å². The Morgan fingerprint density at radius 3 is 2.61 bits per heavy atom. The lowest BCUT2D eigenvalue weighted by Gasteiger charge is -2.23. The Hall–Kier alpha value is -4.87. The standard InChI is InChI=1S/C29H33N7O5/c1-29(2,3)20-14-18(6-7-19(20)28(38)39)31-26(37)17-10-12-35(16-17)24-15-21(25-30-11-13-36(25)34-24)32-23-9-8-22(40-4)27(33-23)41-5/h6-9,11,13-15,17H,10,12,16H2,1-5H3,(H,31,37)(H,32,33)(H,38,39). The first-order valence-corrected chi connectivity index (χ1v) is 13.2. The van der Waals surface area contributed by atoms with Crippen LogP contribution in [0.4, 0.5) is 23.0 Å². The Morgan fingerprint density at radius 1 is 1.10 bits per heavy atom. The minimum atomic E-state index is -0.989. The van der Waals surface area contributed by atoms with Crippen LogP contribution >= 0.6 is 0 Å². The molecule has 1 aromatic carbocycles. The molecule has 1 fully saturated rings. The highest BCUT2D eigenvalue weighted by Crippen LogP contribution is 2.32. The van der Waals surface area contributed by atoms with Gasteiger partial charge in [0, 0.05) is 37.2 Å². The zero-order valence-corrected chi connectivity index (χ0v) is 23.6. The molecule has 3 N–H and O–H groups in total. The first kappa shape index (κ1) is 27.7. The van der Waals surface area contributed by atoms with Gasteiger partial charge in [-0.15, -0.1) is 5.10 Å². The van der Waals surface area contributed by atoms with E-state index in [1.807, 2.05) is 26.8 Å². The summed E-state index contributed by atoms with van der Waals surface area (Å²) in [4.78, 5) is 35.9. The van der Waals surface area contributed by atoms with Crippen molar-refractivity contribution < 1.29 is 24.2 Å². The van der Waals surface area contributed by atoms with E-state index in [1.165, 1.54) is 7.11 Å². The lowest BCUT2D eigenvalue weighted by Crippen LogP contribution is -2.28. The number of nitrogens with zero attached hydrogens (tertiary/aromatic N) is 5. The maximum absolute atomic E-state index is 13.2. The summed E-state index contributed by atoms with van der Waals surface area (Å²) in [5, 5.41) is 20.6. The first-order chi connectivity index (χ1) is 19.6. The molecular formula is C29H33N7O5. The number of aromatic nitrogens is 4. The molecule has 0 saturated carbocycles. The number of nitrogens with one attached hydrogen (secondary N) is 2. The largest absolute Gasteiger partial charge is 0.491 e. The molecule has 0 bridgehead atoms. The highest BCUT2D eigenvalue weighted by molar-refractivity contribution is 5.95. The Morgan fingerprint density at radius 2 is 1.90 bits per heavy atom. The van der Waals surface area contributed by atoms with Crippen LogP contribution in [-0.2, 0) is 10.2 Å². The molecule has 5 rings (SSSR count). The molecule has 1 unspecified atom stereocenters. The van der Waals surface area contributed by atoms with Crippen molar-refractivity contribution >= 4 is 40.5 Å². The van der Waals surface area contributed by atoms with Gasteiger partial charge in [0.1, 0.15) is 5.82 Å². The summed E-state index contributed by atoms with van der Waals surface area (Å²) in [5.74, 6) is 0.738. The van der Waals surface area contributed by atoms with Crippen molar-refractivity contribution in [3.8, 4) is 11.6 Å². The number of hydrogen-bond donors (Lipinski definition) is 3. The number of carboxylic acids is 1. The summed E-state index contributed by atoms with van der Waals surface area (Å²) < 4.78 is 12.3. The van der Waals surface area contributed by atoms with Gasteiger partial charge in [-0.3, -0.25) is 4.79 Å². The number of carbonyl (C=O) groups excluding carboxylic acids is 1. The molecule has 1 aliphatic heterocycles. The zero-order chi connectivity index (χ0) is 29.3. The van der Waals surface area contributed by atoms with Gasteiger partial charge in [-0.1, -0.05) is 20.8 Å². The second-order valence-electron chi connectivity index (χ2n) is 10.9. The van der Waals surface area contributed by atoms with E-state index in [2.05, 4.69) is 25.5 Å². The molecule has 12 heteroatoms. The number of hydrogen-bond acceptors (Lipinski definition) is 9. The summed E-state index contributed by atoms with van der Waals surface area (Å²) in [5.41, 5.74) is 2.40. The molecule has 4 aromatic rings. The second kappa shape index (κ2) is 11.0. The topological polar surface area (TPSA) is 143 Å². The Labute approximate surface area is 237 Å². The summed E-state index contributed by atoms with van der Waals surface area (Å²) >= 11 is 0. The number of carbonyl (C=O) groups is 2. The number of anilines is 4. The number of rotatable bonds is 8. The lowest BCUT2D eigenvalue weighted by atomic mass is 9.83. The van der Waals surface area contributed by atoms with Crippen molar-refractivity contribution in [2.24, 2.45) is 5.92 Å². The lowest BCUT2D eigenvalue weighted by molar-refractivity contribution is -0.119. The number of imidazole rings is 1. The number of ether oxygens (including phenoxy) is 2. The Bertz CT molecular complexity index is 1610. The molecular weight excluding hydrogens is 526 g/mol. The maximum atomic E-state index is 13.2. The molecule has 0 aliphatic carbocycles. The molecule has 3 aromatic heterocycles. The third kappa shape index (κ3) is 5.72. The van der Waals surface area contributed by atoms with Gasteiger partial charge >= 0.3 is 5.97 Å². The van der Waals surface area contributed by atoms with Crippen molar-refractivity contribution in [1.29, 1.82) is 0 Å². The van der Waals surface area contributed by atoms with Crippen molar-refractivity contribution in [3.63, 3.8) is 0 Å². The number of carboxylic acid groups (broad SMARTS) is 1. The highest BCUT2D eigenvalue weighted by atomic mass is 16.5. The third-order valence-electron chi connectivity index (χ3n) is 7.06. The fourth-order valence-electron chi connectivity index (χ4n) is 4.94. The number of pyridine rings is 1. The molecule has 1 atom stereocenters. The molecule has 1 aliphatic rings. The zero-order valence-electron chi connectivity index (χ0n) is 23.6. The fourth-order valence-corrected chi connectivity index (χ4v) is 4.94. The number of methoxy groups -OCH3 is 2. The predicted octanol–water partition coefficient (Wildman–Crippen LogP) is 4.35. The quantitative estimate of drug-likeness (QED) is 0.285. The van der Waals surface area contributed by atoms with Crippen LogP contribution in [0, 0.1) is 5.92 Å². The normalized spacial score (nSPS) is 15.1. The van der Waals surface area contributed by atoms with E-state index >= 15 is 0 Å². The number of fused-ring (bicyclic) bond motifs is 1. The van der Waals surface area contributed by atoms with E-state index in [0.29, 0.717) is 65.4 Å². The number of amides is 1. The van der Waals surface area contributed by atoms with Gasteiger partial charge in [-0.2, -0.15) is 4.98 Å². The van der Waals surface area contributed by atoms with E-state index < -0.39 is 11.4 Å². The smallest absolute Gasteiger partial charge is 0.335 e. The van der Waals surface area contributed by atoms with Crippen LogP contribution in [-0.4, -0.2) is 63.9 Å². The van der Waals surface area contributed by atoms with Crippen LogP contribution in [0.25, 0.3) is 5.65 Å². The molecule has 41 heavy (non-hydrogen) atoms. The third-order valence-corrected chi connectivity index (χ3v) is 7.06. The van der Waals surface area contributed by atoms with E-state index in [4.69, 9.17) is 14.6 Å². The van der Waals surface area contributed by atoms with Gasteiger partial charge < -0.3 is 30.1 Å². The van der Waals surface area contributed by atoms with Crippen molar-refractivity contribution in [3.05, 3.63) is 59.9 Å². The van der Waals surface area contributed by atoms with Crippen molar-refractivity contribution in [2.75, 3.05) is 42.8 Å². The van der Waals surface area contributed by atoms with Crippen LogP contribution in [0.3, 0.4) is 0 Å². The van der Waals surface area contributed by atoms with Crippen LogP contribution < -0.4 is 25.0 Å². The van der Waals surface area contributed by atoms with Gasteiger partial charge in [0.15, 0.2) is 17.2 Å². The van der Waals surface area contributed by atoms with E-state index in [-0.39, 0.29) is 17.4 Å². The van der Waals surface area contributed by atoms with E-state index in [9.17, 15) is 14.7 Å². The van der Waals surface area contributed by atoms with E-state index in [0.717, 1.165) is 0 Å². The molecule has 1 amide bonds. The van der Waals surface area contributed by atoms with Crippen LogP contribution in [0.2, 0.25) is 0 Å². The summed E-state index contributed by atoms with van der Waals surface area (Å²) in [7, 11) is 3.08. The monoisotopic (exact) mass is 559 g/mol. The molecule has 0 radical (unpaired) electrons. The molecule has 214 valence electrons. The second-order valence-corrected chi connectivity index (χ2v) is 10.9. The van der Waals surface area contributed by atoms with Gasteiger partial charge in [0.25, 0.3) is 5.88 Å². The van der Waals surface area contributed by atoms with Gasteiger partial charge in [0.05, 0.1) is 31.4 Å². The number of benzene rings is 1. The van der Waals surface area contributed by atoms with Gasteiger partial charge in [-0.05, 0) is 47.7 Å². The van der Waals surface area contributed by atoms with Crippen LogP contribution in [0.5, 0.6) is 11.6 Å². The van der Waals surface area contributed by atoms with Gasteiger partial charge in [-0.25, -0.2) is 14.3 Å². The Kier molecular flexibility index (Phi) is 7.40. The maximum Gasteiger partial charge on any atom is 0.335 e. The average molecular weight is 560 g/mol. The minimum Gasteiger partial charge on any atom is -0.491 e. The fraction of sp³-hybridized carbons (Fsp3) is 0.345. The summed E-state index contributed by atoms with van der Waals surface area (Å²) in [6, 6.07) is 10.4. The summed E-state index contributed by atoms with van der Waals surface area (Å²) in [6.07, 6.45) is 4.08. The van der Waals surface area contributed by atoms with E-state index in [1.54, 1.807) is 54.4 Å². The molecule has 0 spiro atoms.